The molecule has 1 aliphatic rings. The van der Waals surface area contributed by atoms with Gasteiger partial charge in [-0.1, -0.05) is 19.9 Å². The Kier molecular flexibility index (Phi) is 3.54. The first kappa shape index (κ1) is 17.0. The fourth-order valence-electron chi connectivity index (χ4n) is 2.47. The van der Waals surface area contributed by atoms with Crippen LogP contribution in [-0.4, -0.2) is 12.1 Å². The summed E-state index contributed by atoms with van der Waals surface area (Å²) in [6.45, 7) is 2.95. The van der Waals surface area contributed by atoms with Crippen LogP contribution in [0.5, 0.6) is 0 Å². The zero-order chi connectivity index (χ0) is 17.1. The summed E-state index contributed by atoms with van der Waals surface area (Å²) in [5, 5.41) is 0. The fraction of sp³-hybridized carbons (Fsp3) is 0.571. The molecule has 1 saturated carbocycles. The second-order valence-corrected chi connectivity index (χ2v) is 5.78. The number of alkyl halides is 8. The molecule has 22 heavy (non-hydrogen) atoms. The van der Waals surface area contributed by atoms with Gasteiger partial charge in [0, 0.05) is 6.42 Å². The first-order valence-electron chi connectivity index (χ1n) is 6.39. The molecule has 0 N–H and O–H groups in total. The molecule has 1 aromatic rings. The lowest BCUT2D eigenvalue weighted by atomic mass is 9.88. The van der Waals surface area contributed by atoms with Gasteiger partial charge in [0.15, 0.2) is 5.41 Å². The summed E-state index contributed by atoms with van der Waals surface area (Å²) in [7, 11) is 0. The van der Waals surface area contributed by atoms with Gasteiger partial charge in [0.05, 0.1) is 5.56 Å². The lowest BCUT2D eigenvalue weighted by Gasteiger charge is -2.23. The second-order valence-electron chi connectivity index (χ2n) is 5.78. The third kappa shape index (κ3) is 2.46. The topological polar surface area (TPSA) is 0 Å². The van der Waals surface area contributed by atoms with Crippen molar-refractivity contribution in [3.05, 3.63) is 34.9 Å². The van der Waals surface area contributed by atoms with Crippen molar-refractivity contribution in [3.8, 4) is 0 Å². The highest BCUT2D eigenvalue weighted by molar-refractivity contribution is 5.46. The van der Waals surface area contributed by atoms with Crippen LogP contribution < -0.4 is 0 Å². The monoisotopic (exact) mass is 332 g/mol. The highest BCUT2D eigenvalue weighted by atomic mass is 19.4. The molecule has 0 heterocycles. The highest BCUT2D eigenvalue weighted by Gasteiger charge is 2.84. The first-order chi connectivity index (χ1) is 9.72. The van der Waals surface area contributed by atoms with Gasteiger partial charge >= 0.3 is 12.4 Å². The molecule has 1 aliphatic carbocycles. The molecule has 0 aliphatic heterocycles. The molecule has 0 amide bonds. The predicted molar refractivity (Wildman–Crippen MR) is 62.8 cm³/mol. The normalized spacial score (nSPS) is 24.7. The molecule has 0 aromatic heterocycles. The molecule has 0 spiro atoms. The van der Waals surface area contributed by atoms with Crippen molar-refractivity contribution in [2.45, 2.75) is 49.9 Å². The molecule has 0 nitrogen and oxygen atoms in total. The molecule has 0 bridgehead atoms. The average molecular weight is 332 g/mol. The first-order valence-corrected chi connectivity index (χ1v) is 6.39. The number of hydrogen-bond acceptors (Lipinski definition) is 0. The fourth-order valence-corrected chi connectivity index (χ4v) is 2.47. The van der Waals surface area contributed by atoms with Gasteiger partial charge in [-0.15, -0.1) is 0 Å². The van der Waals surface area contributed by atoms with Crippen molar-refractivity contribution < 1.29 is 35.1 Å². The van der Waals surface area contributed by atoms with E-state index in [4.69, 9.17) is 0 Å². The van der Waals surface area contributed by atoms with Gasteiger partial charge < -0.3 is 0 Å². The molecule has 8 heteroatoms. The average Bonchev–Trinajstić information content (AvgIpc) is 2.92. The lowest BCUT2D eigenvalue weighted by Crippen LogP contribution is -2.35. The molecule has 0 saturated heterocycles. The van der Waals surface area contributed by atoms with Gasteiger partial charge in [-0.2, -0.15) is 26.3 Å². The minimum atomic E-state index is -5.32. The maximum absolute atomic E-state index is 13.4. The zero-order valence-electron chi connectivity index (χ0n) is 11.5. The lowest BCUT2D eigenvalue weighted by molar-refractivity contribution is -0.182. The maximum Gasteiger partial charge on any atom is 0.416 e. The second kappa shape index (κ2) is 4.58. The number of benzene rings is 1. The van der Waals surface area contributed by atoms with E-state index >= 15 is 0 Å². The summed E-state index contributed by atoms with van der Waals surface area (Å²) in [6, 6.07) is 1.67. The van der Waals surface area contributed by atoms with Crippen LogP contribution in [-0.2, 0) is 11.6 Å². The maximum atomic E-state index is 13.4. The summed E-state index contributed by atoms with van der Waals surface area (Å²) in [6.07, 6.45) is -11.8. The van der Waals surface area contributed by atoms with Crippen LogP contribution in [0.25, 0.3) is 0 Å². The minimum Gasteiger partial charge on any atom is -0.205 e. The van der Waals surface area contributed by atoms with E-state index in [1.807, 2.05) is 0 Å². The van der Waals surface area contributed by atoms with Crippen molar-refractivity contribution in [2.24, 2.45) is 0 Å². The molecule has 1 fully saturated rings. The van der Waals surface area contributed by atoms with Crippen molar-refractivity contribution >= 4 is 0 Å². The largest absolute Gasteiger partial charge is 0.416 e. The van der Waals surface area contributed by atoms with Gasteiger partial charge in [-0.3, -0.25) is 0 Å². The van der Waals surface area contributed by atoms with Gasteiger partial charge in [-0.05, 0) is 29.2 Å². The van der Waals surface area contributed by atoms with E-state index in [9.17, 15) is 35.1 Å². The van der Waals surface area contributed by atoms with Crippen molar-refractivity contribution in [3.63, 3.8) is 0 Å². The number of halogens is 8. The van der Waals surface area contributed by atoms with Gasteiger partial charge in [-0.25, -0.2) is 8.78 Å². The molecular formula is C14H12F8. The zero-order valence-corrected chi connectivity index (χ0v) is 11.5. The third-order valence-electron chi connectivity index (χ3n) is 3.91. The standard InChI is InChI=1S/C14H12F8/c1-7(2)8-3-9(5-10(4-8)13(17,18)19)11(14(20,21)22)6-12(11,15)16/h3-5,7H,6H2,1-2H3. The smallest absolute Gasteiger partial charge is 0.205 e. The van der Waals surface area contributed by atoms with E-state index in [0.717, 1.165) is 6.07 Å². The van der Waals surface area contributed by atoms with E-state index in [1.54, 1.807) is 0 Å². The number of rotatable bonds is 2. The van der Waals surface area contributed by atoms with Crippen LogP contribution in [0.1, 0.15) is 42.9 Å². The summed E-state index contributed by atoms with van der Waals surface area (Å²) in [5.74, 6) is -4.62. The number of hydrogen-bond donors (Lipinski definition) is 0. The van der Waals surface area contributed by atoms with Gasteiger partial charge in [0.2, 0.25) is 0 Å². The quantitative estimate of drug-likeness (QED) is 0.612. The Labute approximate surface area is 121 Å². The molecule has 2 rings (SSSR count). The summed E-state index contributed by atoms with van der Waals surface area (Å²) in [4.78, 5) is 0. The van der Waals surface area contributed by atoms with E-state index in [1.165, 1.54) is 13.8 Å². The molecular weight excluding hydrogens is 320 g/mol. The van der Waals surface area contributed by atoms with Crippen LogP contribution in [0, 0.1) is 0 Å². The van der Waals surface area contributed by atoms with Crippen LogP contribution in [0.2, 0.25) is 0 Å². The molecule has 1 atom stereocenters. The van der Waals surface area contributed by atoms with Crippen LogP contribution in [0.15, 0.2) is 18.2 Å². The van der Waals surface area contributed by atoms with Gasteiger partial charge in [0.1, 0.15) is 0 Å². The highest BCUT2D eigenvalue weighted by Crippen LogP contribution is 2.69. The minimum absolute atomic E-state index is 0.0591. The Morgan fingerprint density at radius 2 is 1.45 bits per heavy atom. The SMILES string of the molecule is CC(C)c1cc(C(F)(F)F)cc(C2(C(F)(F)F)CC2(F)F)c1. The molecule has 1 aromatic carbocycles. The van der Waals surface area contributed by atoms with Crippen LogP contribution >= 0.6 is 0 Å². The Hall–Kier alpha value is -1.34. The van der Waals surface area contributed by atoms with Crippen molar-refractivity contribution in [2.75, 3.05) is 0 Å². The van der Waals surface area contributed by atoms with Crippen LogP contribution in [0.4, 0.5) is 35.1 Å². The predicted octanol–water partition coefficient (Wildman–Crippen LogP) is 5.67. The molecule has 1 unspecified atom stereocenters. The Balaban J connectivity index is 2.68. The Morgan fingerprint density at radius 3 is 1.77 bits per heavy atom. The van der Waals surface area contributed by atoms with Gasteiger partial charge in [0.25, 0.3) is 5.92 Å². The summed E-state index contributed by atoms with van der Waals surface area (Å²) in [5.41, 5.74) is -5.95. The van der Waals surface area contributed by atoms with E-state index in [-0.39, 0.29) is 11.6 Å². The van der Waals surface area contributed by atoms with E-state index < -0.39 is 47.2 Å². The summed E-state index contributed by atoms with van der Waals surface area (Å²) < 4.78 is 105. The molecule has 124 valence electrons. The molecule has 0 radical (unpaired) electrons. The van der Waals surface area contributed by atoms with Crippen molar-refractivity contribution in [1.29, 1.82) is 0 Å². The van der Waals surface area contributed by atoms with E-state index in [2.05, 4.69) is 0 Å². The Bertz CT molecular complexity index is 581. The third-order valence-corrected chi connectivity index (χ3v) is 3.91. The van der Waals surface area contributed by atoms with Crippen molar-refractivity contribution in [1.82, 2.24) is 0 Å². The van der Waals surface area contributed by atoms with E-state index in [0.29, 0.717) is 6.07 Å². The summed E-state index contributed by atoms with van der Waals surface area (Å²) >= 11 is 0. The van der Waals surface area contributed by atoms with Crippen LogP contribution in [0.3, 0.4) is 0 Å². The Morgan fingerprint density at radius 1 is 0.955 bits per heavy atom.